The highest BCUT2D eigenvalue weighted by atomic mass is 32.2. The van der Waals surface area contributed by atoms with E-state index < -0.39 is 11.7 Å². The quantitative estimate of drug-likeness (QED) is 0.635. The van der Waals surface area contributed by atoms with E-state index in [2.05, 4.69) is 9.97 Å². The van der Waals surface area contributed by atoms with E-state index in [0.717, 1.165) is 23.5 Å². The second-order valence-corrected chi connectivity index (χ2v) is 4.64. The van der Waals surface area contributed by atoms with Crippen LogP contribution in [-0.2, 0) is 12.8 Å². The molecule has 0 amide bonds. The standard InChI is InChI=1S/C13H11F3N2OS/c1-20-11-10(13(14,15)16)7-17-12(18-11)19-8-9-5-3-2-4-6-9/h2-7H,8H2,1H3. The van der Waals surface area contributed by atoms with E-state index in [1.807, 2.05) is 30.3 Å². The first kappa shape index (κ1) is 14.6. The van der Waals surface area contributed by atoms with Gasteiger partial charge in [-0.1, -0.05) is 30.3 Å². The van der Waals surface area contributed by atoms with Gasteiger partial charge in [-0.05, 0) is 11.8 Å². The lowest BCUT2D eigenvalue weighted by Crippen LogP contribution is -2.10. The molecule has 0 atom stereocenters. The van der Waals surface area contributed by atoms with Crippen LogP contribution in [-0.4, -0.2) is 16.2 Å². The zero-order chi connectivity index (χ0) is 14.6. The van der Waals surface area contributed by atoms with Crippen LogP contribution >= 0.6 is 11.8 Å². The second-order valence-electron chi connectivity index (χ2n) is 3.85. The molecule has 106 valence electrons. The number of halogens is 3. The monoisotopic (exact) mass is 300 g/mol. The SMILES string of the molecule is CSc1nc(OCc2ccccc2)ncc1C(F)(F)F. The van der Waals surface area contributed by atoms with Gasteiger partial charge >= 0.3 is 12.2 Å². The van der Waals surface area contributed by atoms with Crippen molar-refractivity contribution in [2.24, 2.45) is 0 Å². The molecule has 0 spiro atoms. The van der Waals surface area contributed by atoms with Gasteiger partial charge in [-0.3, -0.25) is 0 Å². The first-order valence-corrected chi connectivity index (χ1v) is 6.88. The van der Waals surface area contributed by atoms with Gasteiger partial charge in [0.05, 0.1) is 0 Å². The number of alkyl halides is 3. The molecule has 1 aromatic carbocycles. The first-order chi connectivity index (χ1) is 9.50. The Bertz CT molecular complexity index is 576. The van der Waals surface area contributed by atoms with Crippen molar-refractivity contribution in [2.75, 3.05) is 6.26 Å². The Labute approximate surface area is 118 Å². The number of rotatable bonds is 4. The lowest BCUT2D eigenvalue weighted by molar-refractivity contribution is -0.140. The smallest absolute Gasteiger partial charge is 0.420 e. The van der Waals surface area contributed by atoms with Gasteiger partial charge in [-0.25, -0.2) is 4.98 Å². The molecule has 2 rings (SSSR count). The minimum atomic E-state index is -4.46. The normalized spacial score (nSPS) is 11.4. The van der Waals surface area contributed by atoms with Crippen molar-refractivity contribution in [1.82, 2.24) is 9.97 Å². The number of hydrogen-bond donors (Lipinski definition) is 0. The highest BCUT2D eigenvalue weighted by molar-refractivity contribution is 7.98. The molecule has 0 bridgehead atoms. The van der Waals surface area contributed by atoms with E-state index >= 15 is 0 Å². The van der Waals surface area contributed by atoms with Crippen LogP contribution in [0.5, 0.6) is 6.01 Å². The zero-order valence-electron chi connectivity index (χ0n) is 10.5. The summed E-state index contributed by atoms with van der Waals surface area (Å²) < 4.78 is 43.4. The third-order valence-electron chi connectivity index (χ3n) is 2.44. The molecule has 3 nitrogen and oxygen atoms in total. The second kappa shape index (κ2) is 6.13. The molecule has 0 N–H and O–H groups in total. The Balaban J connectivity index is 2.14. The summed E-state index contributed by atoms with van der Waals surface area (Å²) >= 11 is 0.907. The lowest BCUT2D eigenvalue weighted by Gasteiger charge is -2.11. The van der Waals surface area contributed by atoms with Gasteiger partial charge in [0.15, 0.2) is 0 Å². The van der Waals surface area contributed by atoms with Crippen molar-refractivity contribution in [3.05, 3.63) is 47.7 Å². The number of hydrogen-bond acceptors (Lipinski definition) is 4. The van der Waals surface area contributed by atoms with Crippen molar-refractivity contribution in [2.45, 2.75) is 17.8 Å². The summed E-state index contributed by atoms with van der Waals surface area (Å²) in [6, 6.07) is 9.19. The minimum absolute atomic E-state index is 0.0637. The summed E-state index contributed by atoms with van der Waals surface area (Å²) in [5, 5.41) is -0.143. The third kappa shape index (κ3) is 3.63. The number of nitrogens with zero attached hydrogens (tertiary/aromatic N) is 2. The van der Waals surface area contributed by atoms with E-state index in [9.17, 15) is 13.2 Å². The summed E-state index contributed by atoms with van der Waals surface area (Å²) in [5.41, 5.74) is 0.0405. The molecule has 1 aromatic heterocycles. The van der Waals surface area contributed by atoms with Crippen LogP contribution in [0.2, 0.25) is 0 Å². The number of benzene rings is 1. The molecule has 0 unspecified atom stereocenters. The maximum absolute atomic E-state index is 12.7. The number of aromatic nitrogens is 2. The summed E-state index contributed by atoms with van der Waals surface area (Å²) in [5.74, 6) is 0. The molecule has 7 heteroatoms. The van der Waals surface area contributed by atoms with Gasteiger partial charge in [0.2, 0.25) is 0 Å². The molecule has 0 saturated heterocycles. The molecule has 1 heterocycles. The van der Waals surface area contributed by atoms with Crippen molar-refractivity contribution in [3.63, 3.8) is 0 Å². The van der Waals surface area contributed by atoms with Crippen LogP contribution < -0.4 is 4.74 Å². The van der Waals surface area contributed by atoms with Gasteiger partial charge in [0.25, 0.3) is 0 Å². The molecule has 0 aliphatic heterocycles. The minimum Gasteiger partial charge on any atom is -0.459 e. The highest BCUT2D eigenvalue weighted by Crippen LogP contribution is 2.35. The van der Waals surface area contributed by atoms with E-state index in [0.29, 0.717) is 0 Å². The zero-order valence-corrected chi connectivity index (χ0v) is 11.3. The summed E-state index contributed by atoms with van der Waals surface area (Å²) in [4.78, 5) is 7.38. The van der Waals surface area contributed by atoms with Crippen molar-refractivity contribution in [1.29, 1.82) is 0 Å². The topological polar surface area (TPSA) is 35.0 Å². The van der Waals surface area contributed by atoms with E-state index in [1.54, 1.807) is 0 Å². The predicted octanol–water partition coefficient (Wildman–Crippen LogP) is 3.80. The van der Waals surface area contributed by atoms with Crippen LogP contribution in [0.25, 0.3) is 0 Å². The number of ether oxygens (including phenoxy) is 1. The average Bonchev–Trinajstić information content (AvgIpc) is 2.45. The predicted molar refractivity (Wildman–Crippen MR) is 69.6 cm³/mol. The van der Waals surface area contributed by atoms with Crippen LogP contribution in [0, 0.1) is 0 Å². The van der Waals surface area contributed by atoms with Crippen molar-refractivity contribution in [3.8, 4) is 6.01 Å². The van der Waals surface area contributed by atoms with Gasteiger partial charge in [-0.2, -0.15) is 18.2 Å². The van der Waals surface area contributed by atoms with Crippen LogP contribution in [0.3, 0.4) is 0 Å². The number of thioether (sulfide) groups is 1. The maximum Gasteiger partial charge on any atom is 0.420 e. The van der Waals surface area contributed by atoms with Gasteiger partial charge in [-0.15, -0.1) is 11.8 Å². The summed E-state index contributed by atoms with van der Waals surface area (Å²) in [7, 11) is 0. The Morgan fingerprint density at radius 1 is 1.20 bits per heavy atom. The molecular weight excluding hydrogens is 289 g/mol. The van der Waals surface area contributed by atoms with Crippen LogP contribution in [0.1, 0.15) is 11.1 Å². The lowest BCUT2D eigenvalue weighted by atomic mass is 10.2. The summed E-state index contributed by atoms with van der Waals surface area (Å²) in [6.07, 6.45) is -2.19. The molecular formula is C13H11F3N2OS. The molecule has 0 aliphatic rings. The van der Waals surface area contributed by atoms with Crippen molar-refractivity contribution < 1.29 is 17.9 Å². The Morgan fingerprint density at radius 3 is 2.50 bits per heavy atom. The van der Waals surface area contributed by atoms with Gasteiger partial charge in [0.1, 0.15) is 17.2 Å². The van der Waals surface area contributed by atoms with Gasteiger partial charge in [0, 0.05) is 6.20 Å². The Morgan fingerprint density at radius 2 is 1.90 bits per heavy atom. The van der Waals surface area contributed by atoms with E-state index in [1.165, 1.54) is 6.26 Å². The maximum atomic E-state index is 12.7. The van der Waals surface area contributed by atoms with Crippen LogP contribution in [0.15, 0.2) is 41.6 Å². The average molecular weight is 300 g/mol. The molecule has 0 saturated carbocycles. The molecule has 0 aliphatic carbocycles. The Kier molecular flexibility index (Phi) is 4.49. The molecule has 0 radical (unpaired) electrons. The van der Waals surface area contributed by atoms with Gasteiger partial charge < -0.3 is 4.74 Å². The molecule has 20 heavy (non-hydrogen) atoms. The fourth-order valence-corrected chi connectivity index (χ4v) is 2.05. The third-order valence-corrected chi connectivity index (χ3v) is 3.14. The van der Waals surface area contributed by atoms with E-state index in [4.69, 9.17) is 4.74 Å². The molecule has 0 fully saturated rings. The first-order valence-electron chi connectivity index (χ1n) is 5.65. The fourth-order valence-electron chi connectivity index (χ4n) is 1.49. The summed E-state index contributed by atoms with van der Waals surface area (Å²) in [6.45, 7) is 0.208. The van der Waals surface area contributed by atoms with Crippen LogP contribution in [0.4, 0.5) is 13.2 Å². The Hall–Kier alpha value is -1.76. The highest BCUT2D eigenvalue weighted by Gasteiger charge is 2.35. The van der Waals surface area contributed by atoms with E-state index in [-0.39, 0.29) is 17.6 Å². The van der Waals surface area contributed by atoms with Crippen molar-refractivity contribution >= 4 is 11.8 Å². The molecule has 2 aromatic rings. The largest absolute Gasteiger partial charge is 0.459 e. The fraction of sp³-hybridized carbons (Fsp3) is 0.231.